The van der Waals surface area contributed by atoms with Crippen LogP contribution in [0.25, 0.3) is 0 Å². The molecule has 0 fully saturated rings. The average Bonchev–Trinajstić information content (AvgIpc) is 2.30. The lowest BCUT2D eigenvalue weighted by molar-refractivity contribution is 0.0801. The molecule has 0 aliphatic heterocycles. The minimum Gasteiger partial charge on any atom is -0.342 e. The van der Waals surface area contributed by atoms with Crippen molar-refractivity contribution in [1.82, 2.24) is 4.90 Å². The number of hydrogen-bond acceptors (Lipinski definition) is 3. The van der Waals surface area contributed by atoms with Crippen molar-refractivity contribution in [3.05, 3.63) is 28.3 Å². The SMILES string of the molecule is CCN(C)C(=O)c1cc(F)c(F)c(S(N)(=O)=O)c1Cl. The summed E-state index contributed by atoms with van der Waals surface area (Å²) in [6, 6.07) is 0.542. The molecule has 0 radical (unpaired) electrons. The molecule has 0 atom stereocenters. The van der Waals surface area contributed by atoms with E-state index in [1.165, 1.54) is 7.05 Å². The zero-order valence-electron chi connectivity index (χ0n) is 10.1. The molecule has 19 heavy (non-hydrogen) atoms. The van der Waals surface area contributed by atoms with Crippen molar-refractivity contribution in [1.29, 1.82) is 0 Å². The summed E-state index contributed by atoms with van der Waals surface area (Å²) in [6.07, 6.45) is 0. The molecule has 106 valence electrons. The number of hydrogen-bond donors (Lipinski definition) is 1. The second-order valence-corrected chi connectivity index (χ2v) is 5.60. The van der Waals surface area contributed by atoms with Crippen LogP contribution in [-0.2, 0) is 10.0 Å². The van der Waals surface area contributed by atoms with Gasteiger partial charge in [0.2, 0.25) is 10.0 Å². The first-order chi connectivity index (χ1) is 8.61. The molecule has 0 bridgehead atoms. The highest BCUT2D eigenvalue weighted by atomic mass is 35.5. The highest BCUT2D eigenvalue weighted by Gasteiger charge is 2.28. The summed E-state index contributed by atoms with van der Waals surface area (Å²) in [6.45, 7) is 1.92. The number of halogens is 3. The van der Waals surface area contributed by atoms with Crippen LogP contribution in [0.2, 0.25) is 5.02 Å². The Hall–Kier alpha value is -1.25. The molecular weight excluding hydrogens is 302 g/mol. The van der Waals surface area contributed by atoms with E-state index in [9.17, 15) is 22.0 Å². The summed E-state index contributed by atoms with van der Waals surface area (Å²) < 4.78 is 49.2. The fourth-order valence-electron chi connectivity index (χ4n) is 1.34. The molecule has 0 aliphatic rings. The van der Waals surface area contributed by atoms with Gasteiger partial charge in [-0.05, 0) is 13.0 Å². The van der Waals surface area contributed by atoms with Crippen molar-refractivity contribution in [2.75, 3.05) is 13.6 Å². The summed E-state index contributed by atoms with van der Waals surface area (Å²) in [4.78, 5) is 11.8. The van der Waals surface area contributed by atoms with E-state index >= 15 is 0 Å². The molecule has 2 N–H and O–H groups in total. The van der Waals surface area contributed by atoms with Crippen molar-refractivity contribution in [2.24, 2.45) is 5.14 Å². The number of carbonyl (C=O) groups is 1. The Kier molecular flexibility index (Phi) is 4.49. The highest BCUT2D eigenvalue weighted by molar-refractivity contribution is 7.89. The van der Waals surface area contributed by atoms with E-state index in [2.05, 4.69) is 0 Å². The lowest BCUT2D eigenvalue weighted by atomic mass is 10.2. The van der Waals surface area contributed by atoms with Crippen LogP contribution < -0.4 is 5.14 Å². The zero-order chi connectivity index (χ0) is 15.0. The molecule has 1 amide bonds. The minimum absolute atomic E-state index is 0.277. The molecule has 0 spiro atoms. The second-order valence-electron chi connectivity index (χ2n) is 3.73. The van der Waals surface area contributed by atoms with Crippen LogP contribution in [0.4, 0.5) is 8.78 Å². The summed E-state index contributed by atoms with van der Waals surface area (Å²) in [5, 5.41) is 4.03. The number of benzene rings is 1. The quantitative estimate of drug-likeness (QED) is 0.856. The first-order valence-corrected chi connectivity index (χ1v) is 6.99. The van der Waals surface area contributed by atoms with E-state index < -0.39 is 43.0 Å². The van der Waals surface area contributed by atoms with Gasteiger partial charge in [-0.1, -0.05) is 11.6 Å². The monoisotopic (exact) mass is 312 g/mol. The third kappa shape index (κ3) is 3.02. The number of nitrogens with zero attached hydrogens (tertiary/aromatic N) is 1. The van der Waals surface area contributed by atoms with Crippen LogP contribution >= 0.6 is 11.6 Å². The van der Waals surface area contributed by atoms with E-state index in [-0.39, 0.29) is 6.54 Å². The van der Waals surface area contributed by atoms with Crippen LogP contribution in [0.5, 0.6) is 0 Å². The largest absolute Gasteiger partial charge is 0.342 e. The van der Waals surface area contributed by atoms with E-state index in [0.717, 1.165) is 4.90 Å². The third-order valence-electron chi connectivity index (χ3n) is 2.45. The number of nitrogens with two attached hydrogens (primary N) is 1. The Morgan fingerprint density at radius 2 is 2.00 bits per heavy atom. The van der Waals surface area contributed by atoms with Gasteiger partial charge in [-0.25, -0.2) is 22.3 Å². The number of primary sulfonamides is 1. The van der Waals surface area contributed by atoms with Gasteiger partial charge in [0.25, 0.3) is 5.91 Å². The molecule has 1 rings (SSSR count). The lowest BCUT2D eigenvalue weighted by Gasteiger charge is -2.16. The Bertz CT molecular complexity index is 634. The lowest BCUT2D eigenvalue weighted by Crippen LogP contribution is -2.27. The van der Waals surface area contributed by atoms with Crippen LogP contribution in [0.3, 0.4) is 0 Å². The first-order valence-electron chi connectivity index (χ1n) is 5.07. The van der Waals surface area contributed by atoms with Crippen LogP contribution in [0.15, 0.2) is 11.0 Å². The van der Waals surface area contributed by atoms with Crippen molar-refractivity contribution in [2.45, 2.75) is 11.8 Å². The molecule has 1 aromatic carbocycles. The smallest absolute Gasteiger partial charge is 0.255 e. The van der Waals surface area contributed by atoms with Gasteiger partial charge in [0.1, 0.15) is 4.90 Å². The van der Waals surface area contributed by atoms with Crippen LogP contribution in [0.1, 0.15) is 17.3 Å². The molecule has 0 saturated heterocycles. The Balaban J connectivity index is 3.63. The van der Waals surface area contributed by atoms with E-state index in [4.69, 9.17) is 16.7 Å². The molecule has 9 heteroatoms. The summed E-state index contributed by atoms with van der Waals surface area (Å²) >= 11 is 5.65. The summed E-state index contributed by atoms with van der Waals surface area (Å²) in [5.41, 5.74) is -0.464. The van der Waals surface area contributed by atoms with Gasteiger partial charge in [-0.2, -0.15) is 0 Å². The van der Waals surface area contributed by atoms with Gasteiger partial charge in [0, 0.05) is 13.6 Å². The van der Waals surface area contributed by atoms with Crippen molar-refractivity contribution in [3.8, 4) is 0 Å². The van der Waals surface area contributed by atoms with Crippen LogP contribution in [0, 0.1) is 11.6 Å². The van der Waals surface area contributed by atoms with Crippen LogP contribution in [-0.4, -0.2) is 32.8 Å². The van der Waals surface area contributed by atoms with E-state index in [1.54, 1.807) is 6.92 Å². The molecule has 0 saturated carbocycles. The van der Waals surface area contributed by atoms with Gasteiger partial charge >= 0.3 is 0 Å². The van der Waals surface area contributed by atoms with Gasteiger partial charge < -0.3 is 4.90 Å². The number of sulfonamides is 1. The Labute approximate surface area is 114 Å². The second kappa shape index (κ2) is 5.40. The van der Waals surface area contributed by atoms with Crippen molar-refractivity contribution < 1.29 is 22.0 Å². The Morgan fingerprint density at radius 3 is 2.42 bits per heavy atom. The number of amides is 1. The molecular formula is C10H11ClF2N2O3S. The average molecular weight is 313 g/mol. The summed E-state index contributed by atoms with van der Waals surface area (Å²) in [7, 11) is -3.19. The predicted octanol–water partition coefficient (Wildman–Crippen LogP) is 1.36. The van der Waals surface area contributed by atoms with Gasteiger partial charge in [0.15, 0.2) is 11.6 Å². The normalized spacial score (nSPS) is 11.5. The third-order valence-corrected chi connectivity index (χ3v) is 3.91. The maximum Gasteiger partial charge on any atom is 0.255 e. The molecule has 0 unspecified atom stereocenters. The molecule has 5 nitrogen and oxygen atoms in total. The fourth-order valence-corrected chi connectivity index (χ4v) is 2.58. The topological polar surface area (TPSA) is 80.5 Å². The highest BCUT2D eigenvalue weighted by Crippen LogP contribution is 2.30. The first kappa shape index (κ1) is 15.8. The molecule has 0 heterocycles. The molecule has 1 aromatic rings. The summed E-state index contributed by atoms with van der Waals surface area (Å²) in [5.74, 6) is -3.96. The standard InChI is InChI=1S/C10H11ClF2N2O3S/c1-3-15(2)10(16)5-4-6(12)8(13)9(7(5)11)19(14,17)18/h4H,3H2,1-2H3,(H2,14,17,18). The number of carbonyl (C=O) groups excluding carboxylic acids is 1. The fraction of sp³-hybridized carbons (Fsp3) is 0.300. The molecule has 0 aromatic heterocycles. The maximum absolute atomic E-state index is 13.4. The zero-order valence-corrected chi connectivity index (χ0v) is 11.6. The van der Waals surface area contributed by atoms with E-state index in [0.29, 0.717) is 6.07 Å². The maximum atomic E-state index is 13.4. The van der Waals surface area contributed by atoms with E-state index in [1.807, 2.05) is 0 Å². The van der Waals surface area contributed by atoms with Crippen molar-refractivity contribution in [3.63, 3.8) is 0 Å². The Morgan fingerprint density at radius 1 is 1.47 bits per heavy atom. The van der Waals surface area contributed by atoms with Gasteiger partial charge in [-0.3, -0.25) is 4.79 Å². The minimum atomic E-state index is -4.59. The number of rotatable bonds is 3. The van der Waals surface area contributed by atoms with Gasteiger partial charge in [-0.15, -0.1) is 0 Å². The van der Waals surface area contributed by atoms with Gasteiger partial charge in [0.05, 0.1) is 10.6 Å². The van der Waals surface area contributed by atoms with Crippen molar-refractivity contribution >= 4 is 27.5 Å². The molecule has 0 aliphatic carbocycles. The predicted molar refractivity (Wildman–Crippen MR) is 65.4 cm³/mol.